The third-order valence-corrected chi connectivity index (χ3v) is 4.49. The van der Waals surface area contributed by atoms with Crippen LogP contribution in [0.4, 0.5) is 4.79 Å². The Morgan fingerprint density at radius 1 is 1.35 bits per heavy atom. The lowest BCUT2D eigenvalue weighted by atomic mass is 10.1. The van der Waals surface area contributed by atoms with E-state index in [9.17, 15) is 9.59 Å². The average Bonchev–Trinajstić information content (AvgIpc) is 2.92. The molecular weight excluding hydrogens is 314 g/mol. The summed E-state index contributed by atoms with van der Waals surface area (Å²) in [6.07, 6.45) is 1.60. The van der Waals surface area contributed by atoms with E-state index in [-0.39, 0.29) is 11.6 Å². The van der Waals surface area contributed by atoms with E-state index in [0.717, 1.165) is 21.1 Å². The Hall–Kier alpha value is -2.67. The lowest BCUT2D eigenvalue weighted by Crippen LogP contribution is -2.34. The molecule has 0 saturated heterocycles. The van der Waals surface area contributed by atoms with Gasteiger partial charge in [0.1, 0.15) is 10.6 Å². The smallest absolute Gasteiger partial charge is 0.338 e. The van der Waals surface area contributed by atoms with Gasteiger partial charge in [0.15, 0.2) is 0 Å². The molecule has 2 heterocycles. The van der Waals surface area contributed by atoms with Gasteiger partial charge < -0.3 is 10.1 Å². The lowest BCUT2D eigenvalue weighted by Gasteiger charge is -2.14. The summed E-state index contributed by atoms with van der Waals surface area (Å²) in [6.45, 7) is 1.85. The molecule has 1 N–H and O–H groups in total. The highest BCUT2D eigenvalue weighted by atomic mass is 32.1. The van der Waals surface area contributed by atoms with Crippen molar-refractivity contribution >= 4 is 27.8 Å². The van der Waals surface area contributed by atoms with Crippen molar-refractivity contribution in [1.82, 2.24) is 14.3 Å². The predicted octanol–water partition coefficient (Wildman–Crippen LogP) is 2.79. The van der Waals surface area contributed by atoms with Crippen LogP contribution >= 0.6 is 11.5 Å². The summed E-state index contributed by atoms with van der Waals surface area (Å²) >= 11 is 1.03. The maximum absolute atomic E-state index is 12.4. The number of carbonyl (C=O) groups excluding carboxylic acids is 1. The van der Waals surface area contributed by atoms with Crippen LogP contribution in [0.25, 0.3) is 10.2 Å². The van der Waals surface area contributed by atoms with E-state index >= 15 is 0 Å². The Morgan fingerprint density at radius 3 is 2.91 bits per heavy atom. The summed E-state index contributed by atoms with van der Waals surface area (Å²) in [7, 11) is 1.59. The maximum Gasteiger partial charge on any atom is 0.338 e. The first-order valence-electron chi connectivity index (χ1n) is 7.02. The number of fused-ring (bicyclic) bond motifs is 1. The number of carbonyl (C=O) groups is 1. The van der Waals surface area contributed by atoms with Gasteiger partial charge in [-0.15, -0.1) is 0 Å². The molecule has 0 aliphatic carbocycles. The summed E-state index contributed by atoms with van der Waals surface area (Å²) in [5.41, 5.74) is 0.540. The van der Waals surface area contributed by atoms with Crippen LogP contribution in [0, 0.1) is 0 Å². The van der Waals surface area contributed by atoms with Crippen LogP contribution in [0.1, 0.15) is 18.5 Å². The first-order chi connectivity index (χ1) is 11.1. The fourth-order valence-corrected chi connectivity index (χ4v) is 3.09. The summed E-state index contributed by atoms with van der Waals surface area (Å²) in [5.74, 6) is 0.715. The number of nitrogens with zero attached hydrogens (tertiary/aromatic N) is 2. The molecule has 0 saturated carbocycles. The van der Waals surface area contributed by atoms with Crippen LogP contribution in [0.3, 0.4) is 0 Å². The number of ether oxygens (including phenoxy) is 1. The number of hydrogen-bond acceptors (Lipinski definition) is 5. The van der Waals surface area contributed by atoms with Gasteiger partial charge >= 0.3 is 6.03 Å². The van der Waals surface area contributed by atoms with Crippen molar-refractivity contribution in [3.63, 3.8) is 0 Å². The highest BCUT2D eigenvalue weighted by Gasteiger charge is 2.17. The van der Waals surface area contributed by atoms with Crippen molar-refractivity contribution < 1.29 is 9.53 Å². The number of rotatable bonds is 3. The van der Waals surface area contributed by atoms with Crippen molar-refractivity contribution in [1.29, 1.82) is 0 Å². The highest BCUT2D eigenvalue weighted by Crippen LogP contribution is 2.19. The second-order valence-electron chi connectivity index (χ2n) is 4.99. The number of hydrogen-bond donors (Lipinski definition) is 1. The van der Waals surface area contributed by atoms with Gasteiger partial charge in [-0.1, -0.05) is 12.1 Å². The fraction of sp³-hybridized carbons (Fsp3) is 0.188. The maximum atomic E-state index is 12.4. The molecule has 7 heteroatoms. The van der Waals surface area contributed by atoms with Crippen LogP contribution in [0.5, 0.6) is 5.75 Å². The van der Waals surface area contributed by atoms with E-state index in [2.05, 4.69) is 10.3 Å². The van der Waals surface area contributed by atoms with Gasteiger partial charge in [0, 0.05) is 6.20 Å². The van der Waals surface area contributed by atoms with Crippen LogP contribution in [0.2, 0.25) is 0 Å². The van der Waals surface area contributed by atoms with Crippen molar-refractivity contribution in [2.24, 2.45) is 0 Å². The van der Waals surface area contributed by atoms with Crippen molar-refractivity contribution in [2.75, 3.05) is 7.11 Å². The Kier molecular flexibility index (Phi) is 4.12. The molecule has 3 rings (SSSR count). The third-order valence-electron chi connectivity index (χ3n) is 3.48. The number of methoxy groups -OCH3 is 1. The zero-order chi connectivity index (χ0) is 16.4. The molecule has 0 fully saturated rings. The normalized spacial score (nSPS) is 12.1. The second kappa shape index (κ2) is 6.21. The zero-order valence-corrected chi connectivity index (χ0v) is 13.5. The molecule has 0 spiro atoms. The lowest BCUT2D eigenvalue weighted by molar-refractivity contribution is 0.241. The Balaban J connectivity index is 1.85. The summed E-state index contributed by atoms with van der Waals surface area (Å²) < 4.78 is 6.27. The van der Waals surface area contributed by atoms with E-state index in [4.69, 9.17) is 4.74 Å². The van der Waals surface area contributed by atoms with Crippen LogP contribution in [-0.2, 0) is 0 Å². The molecule has 1 amide bonds. The van der Waals surface area contributed by atoms with E-state index in [1.807, 2.05) is 31.2 Å². The summed E-state index contributed by atoms with van der Waals surface area (Å²) in [4.78, 5) is 29.3. The molecule has 23 heavy (non-hydrogen) atoms. The first kappa shape index (κ1) is 15.2. The van der Waals surface area contributed by atoms with Gasteiger partial charge in [-0.2, -0.15) is 3.96 Å². The molecule has 1 aromatic carbocycles. The minimum Gasteiger partial charge on any atom is -0.497 e. The van der Waals surface area contributed by atoms with Crippen molar-refractivity contribution in [2.45, 2.75) is 13.0 Å². The molecule has 118 valence electrons. The Labute approximate surface area is 136 Å². The Bertz CT molecular complexity index is 916. The molecule has 0 aliphatic heterocycles. The molecular formula is C16H15N3O3S. The number of amides is 1. The predicted molar refractivity (Wildman–Crippen MR) is 89.2 cm³/mol. The minimum absolute atomic E-state index is 0.261. The number of nitrogens with one attached hydrogen (secondary N) is 1. The van der Waals surface area contributed by atoms with E-state index in [0.29, 0.717) is 16.0 Å². The van der Waals surface area contributed by atoms with Gasteiger partial charge in [0.25, 0.3) is 5.56 Å². The van der Waals surface area contributed by atoms with Crippen LogP contribution in [0.15, 0.2) is 47.4 Å². The quantitative estimate of drug-likeness (QED) is 0.802. The molecule has 0 bridgehead atoms. The largest absolute Gasteiger partial charge is 0.497 e. The molecule has 6 nitrogen and oxygen atoms in total. The molecule has 0 aliphatic rings. The average molecular weight is 329 g/mol. The summed E-state index contributed by atoms with van der Waals surface area (Å²) in [5, 5.41) is 3.26. The monoisotopic (exact) mass is 329 g/mol. The molecule has 1 atom stereocenters. The molecule has 2 aromatic heterocycles. The van der Waals surface area contributed by atoms with Crippen LogP contribution in [-0.4, -0.2) is 22.1 Å². The van der Waals surface area contributed by atoms with E-state index in [1.165, 1.54) is 0 Å². The van der Waals surface area contributed by atoms with Gasteiger partial charge in [-0.25, -0.2) is 9.78 Å². The topological polar surface area (TPSA) is 73.2 Å². The second-order valence-corrected chi connectivity index (χ2v) is 5.93. The minimum atomic E-state index is -0.465. The highest BCUT2D eigenvalue weighted by molar-refractivity contribution is 7.14. The molecule has 0 unspecified atom stereocenters. The van der Waals surface area contributed by atoms with E-state index < -0.39 is 6.03 Å². The van der Waals surface area contributed by atoms with Crippen molar-refractivity contribution in [3.8, 4) is 5.75 Å². The van der Waals surface area contributed by atoms with Gasteiger partial charge in [0.2, 0.25) is 0 Å². The van der Waals surface area contributed by atoms with Gasteiger partial charge in [0.05, 0.1) is 18.5 Å². The van der Waals surface area contributed by atoms with Gasteiger partial charge in [-0.05, 0) is 48.3 Å². The fourth-order valence-electron chi connectivity index (χ4n) is 2.24. The Morgan fingerprint density at radius 2 is 2.17 bits per heavy atom. The third kappa shape index (κ3) is 2.95. The van der Waals surface area contributed by atoms with Gasteiger partial charge in [-0.3, -0.25) is 4.79 Å². The van der Waals surface area contributed by atoms with Crippen molar-refractivity contribution in [3.05, 3.63) is 58.5 Å². The number of benzene rings is 1. The number of pyridine rings is 1. The summed E-state index contributed by atoms with van der Waals surface area (Å²) in [6, 6.07) is 10.0. The number of aromatic nitrogens is 2. The van der Waals surface area contributed by atoms with E-state index in [1.54, 1.807) is 25.4 Å². The molecule has 0 radical (unpaired) electrons. The zero-order valence-electron chi connectivity index (χ0n) is 12.6. The van der Waals surface area contributed by atoms with Crippen LogP contribution < -0.4 is 15.6 Å². The first-order valence-corrected chi connectivity index (χ1v) is 7.79. The SMILES string of the molecule is COc1cccc([C@H](C)NC(=O)n2sc3ncccc3c2=O)c1. The standard InChI is InChI=1S/C16H15N3O3S/c1-10(11-5-3-6-12(9-11)22-2)18-16(21)19-15(20)13-7-4-8-17-14(13)23-19/h3-10H,1-2H3,(H,18,21)/t10-/m0/s1. The molecule has 3 aromatic rings.